The van der Waals surface area contributed by atoms with Crippen LogP contribution in [0.2, 0.25) is 0 Å². The molecular formula is C9H9FN2O. The molecule has 0 saturated carbocycles. The maximum Gasteiger partial charge on any atom is 0.141 e. The predicted molar refractivity (Wildman–Crippen MR) is 45.7 cm³/mol. The third-order valence-corrected chi connectivity index (χ3v) is 1.44. The lowest BCUT2D eigenvalue weighted by Gasteiger charge is -2.04. The van der Waals surface area contributed by atoms with Crippen molar-refractivity contribution in [1.29, 1.82) is 5.26 Å². The molecule has 0 amide bonds. The van der Waals surface area contributed by atoms with Crippen LogP contribution in [0.4, 0.5) is 4.39 Å². The van der Waals surface area contributed by atoms with Crippen molar-refractivity contribution in [3.8, 4) is 11.8 Å². The van der Waals surface area contributed by atoms with E-state index in [0.29, 0.717) is 18.9 Å². The van der Waals surface area contributed by atoms with Crippen LogP contribution in [0.25, 0.3) is 0 Å². The zero-order valence-electron chi connectivity index (χ0n) is 6.96. The first-order valence-corrected chi connectivity index (χ1v) is 3.80. The number of hydrogen-bond donors (Lipinski definition) is 1. The SMILES string of the molecule is N#Cc1cc(OCCN)ccc1F. The summed E-state index contributed by atoms with van der Waals surface area (Å²) >= 11 is 0. The molecule has 0 atom stereocenters. The van der Waals surface area contributed by atoms with Crippen LogP contribution in [-0.2, 0) is 0 Å². The number of halogens is 1. The van der Waals surface area contributed by atoms with Crippen LogP contribution in [0.3, 0.4) is 0 Å². The Hall–Kier alpha value is -1.60. The molecule has 0 aliphatic carbocycles. The minimum atomic E-state index is -0.539. The fourth-order valence-electron chi connectivity index (χ4n) is 0.857. The average molecular weight is 180 g/mol. The van der Waals surface area contributed by atoms with E-state index in [2.05, 4.69) is 0 Å². The zero-order valence-corrected chi connectivity index (χ0v) is 6.96. The number of ether oxygens (including phenoxy) is 1. The van der Waals surface area contributed by atoms with Gasteiger partial charge in [0.15, 0.2) is 0 Å². The van der Waals surface area contributed by atoms with Crippen LogP contribution >= 0.6 is 0 Å². The predicted octanol–water partition coefficient (Wildman–Crippen LogP) is 1.03. The molecule has 0 saturated heterocycles. The molecule has 1 aromatic rings. The van der Waals surface area contributed by atoms with Gasteiger partial charge in [-0.2, -0.15) is 5.26 Å². The Morgan fingerprint density at radius 3 is 2.92 bits per heavy atom. The van der Waals surface area contributed by atoms with Gasteiger partial charge in [0.25, 0.3) is 0 Å². The molecule has 2 N–H and O–H groups in total. The Labute approximate surface area is 75.5 Å². The lowest BCUT2D eigenvalue weighted by Crippen LogP contribution is -2.10. The van der Waals surface area contributed by atoms with Gasteiger partial charge in [-0.05, 0) is 12.1 Å². The molecule has 0 aromatic heterocycles. The second-order valence-corrected chi connectivity index (χ2v) is 2.39. The van der Waals surface area contributed by atoms with Crippen molar-refractivity contribution < 1.29 is 9.13 Å². The summed E-state index contributed by atoms with van der Waals surface area (Å²) in [5, 5.41) is 8.50. The van der Waals surface area contributed by atoms with E-state index < -0.39 is 5.82 Å². The second kappa shape index (κ2) is 4.43. The number of nitriles is 1. The fraction of sp³-hybridized carbons (Fsp3) is 0.222. The van der Waals surface area contributed by atoms with Gasteiger partial charge in [-0.15, -0.1) is 0 Å². The lowest BCUT2D eigenvalue weighted by molar-refractivity contribution is 0.327. The van der Waals surface area contributed by atoms with Gasteiger partial charge in [-0.3, -0.25) is 0 Å². The minimum Gasteiger partial charge on any atom is -0.492 e. The molecule has 0 aliphatic heterocycles. The third-order valence-electron chi connectivity index (χ3n) is 1.44. The van der Waals surface area contributed by atoms with E-state index in [0.717, 1.165) is 0 Å². The molecule has 68 valence electrons. The summed E-state index contributed by atoms with van der Waals surface area (Å²) in [6.45, 7) is 0.746. The Kier molecular flexibility index (Phi) is 3.23. The molecule has 4 heteroatoms. The normalized spacial score (nSPS) is 9.31. The summed E-state index contributed by atoms with van der Waals surface area (Å²) in [6.07, 6.45) is 0. The van der Waals surface area contributed by atoms with Gasteiger partial charge in [-0.1, -0.05) is 0 Å². The number of nitrogens with two attached hydrogens (primary N) is 1. The van der Waals surface area contributed by atoms with Crippen molar-refractivity contribution >= 4 is 0 Å². The number of rotatable bonds is 3. The van der Waals surface area contributed by atoms with Crippen molar-refractivity contribution in [2.24, 2.45) is 5.73 Å². The van der Waals surface area contributed by atoms with Crippen molar-refractivity contribution in [2.45, 2.75) is 0 Å². The van der Waals surface area contributed by atoms with E-state index in [-0.39, 0.29) is 5.56 Å². The summed E-state index contributed by atoms with van der Waals surface area (Å²) < 4.78 is 17.9. The summed E-state index contributed by atoms with van der Waals surface area (Å²) in [6, 6.07) is 5.74. The highest BCUT2D eigenvalue weighted by atomic mass is 19.1. The van der Waals surface area contributed by atoms with Crippen molar-refractivity contribution in [3.05, 3.63) is 29.6 Å². The van der Waals surface area contributed by atoms with Crippen LogP contribution in [0.15, 0.2) is 18.2 Å². The molecule has 0 spiro atoms. The molecule has 1 rings (SSSR count). The number of nitrogens with zero attached hydrogens (tertiary/aromatic N) is 1. The smallest absolute Gasteiger partial charge is 0.141 e. The van der Waals surface area contributed by atoms with Crippen LogP contribution in [-0.4, -0.2) is 13.2 Å². The number of benzene rings is 1. The van der Waals surface area contributed by atoms with Crippen LogP contribution in [0.1, 0.15) is 5.56 Å². The molecule has 0 heterocycles. The first-order valence-electron chi connectivity index (χ1n) is 3.80. The Morgan fingerprint density at radius 1 is 1.54 bits per heavy atom. The highest BCUT2D eigenvalue weighted by Gasteiger charge is 2.02. The monoisotopic (exact) mass is 180 g/mol. The van der Waals surface area contributed by atoms with Gasteiger partial charge in [0, 0.05) is 12.6 Å². The van der Waals surface area contributed by atoms with Gasteiger partial charge in [0.2, 0.25) is 0 Å². The summed E-state index contributed by atoms with van der Waals surface area (Å²) in [7, 11) is 0. The van der Waals surface area contributed by atoms with Gasteiger partial charge >= 0.3 is 0 Å². The Morgan fingerprint density at radius 2 is 2.31 bits per heavy atom. The molecule has 1 aromatic carbocycles. The summed E-state index contributed by atoms with van der Waals surface area (Å²) in [5.41, 5.74) is 5.19. The largest absolute Gasteiger partial charge is 0.492 e. The van der Waals surface area contributed by atoms with Crippen molar-refractivity contribution in [1.82, 2.24) is 0 Å². The van der Waals surface area contributed by atoms with Gasteiger partial charge in [0.05, 0.1) is 5.56 Å². The average Bonchev–Trinajstić information content (AvgIpc) is 2.16. The van der Waals surface area contributed by atoms with Gasteiger partial charge in [-0.25, -0.2) is 4.39 Å². The van der Waals surface area contributed by atoms with E-state index in [4.69, 9.17) is 15.7 Å². The maximum atomic E-state index is 12.8. The molecule has 13 heavy (non-hydrogen) atoms. The standard InChI is InChI=1S/C9H9FN2O/c10-9-2-1-8(13-4-3-11)5-7(9)6-12/h1-2,5H,3-4,11H2. The molecule has 0 radical (unpaired) electrons. The van der Waals surface area contributed by atoms with E-state index in [9.17, 15) is 4.39 Å². The molecule has 0 aliphatic rings. The Balaban J connectivity index is 2.82. The Bertz CT molecular complexity index is 333. The first-order chi connectivity index (χ1) is 6.27. The van der Waals surface area contributed by atoms with Crippen molar-refractivity contribution in [2.75, 3.05) is 13.2 Å². The number of hydrogen-bond acceptors (Lipinski definition) is 3. The van der Waals surface area contributed by atoms with Crippen LogP contribution < -0.4 is 10.5 Å². The molecule has 0 fully saturated rings. The van der Waals surface area contributed by atoms with Crippen LogP contribution in [0.5, 0.6) is 5.75 Å². The topological polar surface area (TPSA) is 59.0 Å². The lowest BCUT2D eigenvalue weighted by atomic mass is 10.2. The molecule has 0 unspecified atom stereocenters. The minimum absolute atomic E-state index is 0.0190. The molecule has 3 nitrogen and oxygen atoms in total. The molecular weight excluding hydrogens is 171 g/mol. The van der Waals surface area contributed by atoms with E-state index in [1.165, 1.54) is 18.2 Å². The van der Waals surface area contributed by atoms with Crippen molar-refractivity contribution in [3.63, 3.8) is 0 Å². The van der Waals surface area contributed by atoms with E-state index >= 15 is 0 Å². The van der Waals surface area contributed by atoms with Crippen LogP contribution in [0, 0.1) is 17.1 Å². The maximum absolute atomic E-state index is 12.8. The first kappa shape index (κ1) is 9.49. The molecule has 0 bridgehead atoms. The highest BCUT2D eigenvalue weighted by molar-refractivity contribution is 5.37. The van der Waals surface area contributed by atoms with E-state index in [1.807, 2.05) is 0 Å². The summed E-state index contributed by atoms with van der Waals surface area (Å²) in [5.74, 6) is -0.0778. The second-order valence-electron chi connectivity index (χ2n) is 2.39. The third kappa shape index (κ3) is 2.42. The zero-order chi connectivity index (χ0) is 9.68. The van der Waals surface area contributed by atoms with Gasteiger partial charge < -0.3 is 10.5 Å². The quantitative estimate of drug-likeness (QED) is 0.755. The highest BCUT2D eigenvalue weighted by Crippen LogP contribution is 2.15. The fourth-order valence-corrected chi connectivity index (χ4v) is 0.857. The van der Waals surface area contributed by atoms with E-state index in [1.54, 1.807) is 6.07 Å². The van der Waals surface area contributed by atoms with Gasteiger partial charge in [0.1, 0.15) is 24.2 Å². The summed E-state index contributed by atoms with van der Waals surface area (Å²) in [4.78, 5) is 0.